The van der Waals surface area contributed by atoms with Crippen molar-refractivity contribution in [1.82, 2.24) is 9.47 Å². The van der Waals surface area contributed by atoms with Crippen LogP contribution in [0.3, 0.4) is 0 Å². The number of rotatable bonds is 6. The highest BCUT2D eigenvalue weighted by Gasteiger charge is 2.46. The third-order valence-corrected chi connectivity index (χ3v) is 4.96. The molecule has 0 saturated carbocycles. The van der Waals surface area contributed by atoms with Crippen molar-refractivity contribution < 1.29 is 19.4 Å². The molecule has 2 aliphatic rings. The van der Waals surface area contributed by atoms with Gasteiger partial charge in [0.2, 0.25) is 5.43 Å². The van der Waals surface area contributed by atoms with Gasteiger partial charge in [-0.1, -0.05) is 20.3 Å². The van der Waals surface area contributed by atoms with E-state index in [-0.39, 0.29) is 35.6 Å². The van der Waals surface area contributed by atoms with Crippen LogP contribution in [0.5, 0.6) is 5.75 Å². The lowest BCUT2D eigenvalue weighted by Crippen LogP contribution is -2.63. The maximum atomic E-state index is 12.8. The molecule has 0 unspecified atom stereocenters. The first-order valence-corrected chi connectivity index (χ1v) is 8.44. The molecule has 7 heteroatoms. The van der Waals surface area contributed by atoms with Gasteiger partial charge in [-0.25, -0.2) is 4.79 Å². The fourth-order valence-electron chi connectivity index (χ4n) is 3.45. The molecule has 0 aromatic carbocycles. The number of aromatic carboxylic acids is 1. The predicted octanol–water partition coefficient (Wildman–Crippen LogP) is 1.59. The Morgan fingerprint density at radius 1 is 1.33 bits per heavy atom. The number of fused-ring (bicyclic) bond motifs is 2. The molecule has 24 heavy (non-hydrogen) atoms. The van der Waals surface area contributed by atoms with E-state index < -0.39 is 11.4 Å². The summed E-state index contributed by atoms with van der Waals surface area (Å²) in [5.41, 5.74) is -0.880. The summed E-state index contributed by atoms with van der Waals surface area (Å²) in [5, 5.41) is 9.29. The molecule has 1 aromatic heterocycles. The highest BCUT2D eigenvalue weighted by Crippen LogP contribution is 2.36. The number of carbonyl (C=O) groups is 2. The van der Waals surface area contributed by atoms with E-state index in [9.17, 15) is 19.5 Å². The van der Waals surface area contributed by atoms with Crippen molar-refractivity contribution in [2.45, 2.75) is 45.7 Å². The lowest BCUT2D eigenvalue weighted by molar-refractivity contribution is -0.00422. The predicted molar refractivity (Wildman–Crippen MR) is 86.7 cm³/mol. The monoisotopic (exact) mass is 334 g/mol. The van der Waals surface area contributed by atoms with Crippen LogP contribution in [-0.4, -0.2) is 45.6 Å². The fourth-order valence-corrected chi connectivity index (χ4v) is 3.45. The minimum absolute atomic E-state index is 0.0719. The van der Waals surface area contributed by atoms with Crippen LogP contribution in [0, 0.1) is 5.92 Å². The van der Waals surface area contributed by atoms with Gasteiger partial charge >= 0.3 is 5.97 Å². The van der Waals surface area contributed by atoms with E-state index >= 15 is 0 Å². The number of carbonyl (C=O) groups excluding carboxylic acids is 1. The molecule has 1 aromatic rings. The maximum Gasteiger partial charge on any atom is 0.341 e. The first-order valence-electron chi connectivity index (χ1n) is 8.44. The third kappa shape index (κ3) is 2.48. The Hall–Kier alpha value is -2.31. The fraction of sp³-hybridized carbons (Fsp3) is 0.588. The molecule has 1 saturated heterocycles. The Labute approximate surface area is 139 Å². The van der Waals surface area contributed by atoms with Crippen LogP contribution in [0.25, 0.3) is 0 Å². The lowest BCUT2D eigenvalue weighted by Gasteiger charge is -2.51. The van der Waals surface area contributed by atoms with Gasteiger partial charge in [0.25, 0.3) is 5.91 Å². The minimum atomic E-state index is -1.30. The van der Waals surface area contributed by atoms with Crippen molar-refractivity contribution in [1.29, 1.82) is 0 Å². The van der Waals surface area contributed by atoms with E-state index in [1.54, 1.807) is 9.47 Å². The zero-order chi connectivity index (χ0) is 17.4. The van der Waals surface area contributed by atoms with Gasteiger partial charge in [-0.2, -0.15) is 0 Å². The molecule has 2 atom stereocenters. The first-order chi connectivity index (χ1) is 11.5. The Morgan fingerprint density at radius 2 is 2.08 bits per heavy atom. The van der Waals surface area contributed by atoms with Crippen LogP contribution in [0.1, 0.15) is 54.0 Å². The van der Waals surface area contributed by atoms with Crippen LogP contribution in [-0.2, 0) is 6.54 Å². The largest absolute Gasteiger partial charge is 0.487 e. The van der Waals surface area contributed by atoms with Crippen molar-refractivity contribution >= 4 is 11.9 Å². The van der Waals surface area contributed by atoms with Crippen LogP contribution in [0.4, 0.5) is 0 Å². The maximum absolute atomic E-state index is 12.8. The number of carboxylic acid groups (broad SMARTS) is 1. The molecular formula is C17H22N2O5. The number of aromatic nitrogens is 1. The minimum Gasteiger partial charge on any atom is -0.487 e. The van der Waals surface area contributed by atoms with Crippen LogP contribution >= 0.6 is 0 Å². The Kier molecular flexibility index (Phi) is 4.34. The number of nitrogens with zero attached hydrogens (tertiary/aromatic N) is 2. The smallest absolute Gasteiger partial charge is 0.341 e. The van der Waals surface area contributed by atoms with Crippen LogP contribution < -0.4 is 10.2 Å². The van der Waals surface area contributed by atoms with Crippen molar-refractivity contribution in [2.24, 2.45) is 5.92 Å². The molecule has 1 amide bonds. The number of carboxylic acids is 1. The SMILES string of the molecule is CCCCOc1c2n(cc(C(=O)O)c1=O)C[C@H]1[C@H](CC)CN1C2=O. The standard InChI is InChI=1S/C17H22N2O5/c1-3-5-6-24-15-13-16(21)19-7-10(4-2)12(19)9-18(13)8-11(14(15)20)17(22)23/h8,10,12H,3-7,9H2,1-2H3,(H,22,23)/t10-,12+/m1/s1. The van der Waals surface area contributed by atoms with E-state index in [0.29, 0.717) is 19.0 Å². The van der Waals surface area contributed by atoms with Gasteiger partial charge in [-0.15, -0.1) is 0 Å². The lowest BCUT2D eigenvalue weighted by atomic mass is 9.84. The van der Waals surface area contributed by atoms with Crippen molar-refractivity contribution in [3.63, 3.8) is 0 Å². The summed E-state index contributed by atoms with van der Waals surface area (Å²) in [4.78, 5) is 38.4. The molecule has 3 rings (SSSR count). The van der Waals surface area contributed by atoms with Crippen molar-refractivity contribution in [3.05, 3.63) is 27.7 Å². The first kappa shape index (κ1) is 16.5. The second-order valence-corrected chi connectivity index (χ2v) is 6.40. The van der Waals surface area contributed by atoms with Gasteiger partial charge in [-0.05, 0) is 18.8 Å². The summed E-state index contributed by atoms with van der Waals surface area (Å²) >= 11 is 0. The number of hydrogen-bond acceptors (Lipinski definition) is 4. The highest BCUT2D eigenvalue weighted by molar-refractivity contribution is 5.98. The van der Waals surface area contributed by atoms with Gasteiger partial charge < -0.3 is 19.3 Å². The van der Waals surface area contributed by atoms with Crippen molar-refractivity contribution in [3.8, 4) is 5.75 Å². The van der Waals surface area contributed by atoms with E-state index in [2.05, 4.69) is 6.92 Å². The number of hydrogen-bond donors (Lipinski definition) is 1. The molecule has 1 N–H and O–H groups in total. The number of pyridine rings is 1. The Morgan fingerprint density at radius 3 is 2.71 bits per heavy atom. The Balaban J connectivity index is 2.07. The molecule has 0 aliphatic carbocycles. The van der Waals surface area contributed by atoms with Gasteiger partial charge in [0, 0.05) is 19.3 Å². The molecule has 0 spiro atoms. The topological polar surface area (TPSA) is 88.8 Å². The van der Waals surface area contributed by atoms with E-state index in [4.69, 9.17) is 4.74 Å². The van der Waals surface area contributed by atoms with E-state index in [1.807, 2.05) is 6.92 Å². The summed E-state index contributed by atoms with van der Waals surface area (Å²) in [7, 11) is 0. The quantitative estimate of drug-likeness (QED) is 0.798. The average molecular weight is 334 g/mol. The van der Waals surface area contributed by atoms with Crippen molar-refractivity contribution in [2.75, 3.05) is 13.2 Å². The second-order valence-electron chi connectivity index (χ2n) is 6.40. The third-order valence-electron chi connectivity index (χ3n) is 4.96. The van der Waals surface area contributed by atoms with Crippen LogP contribution in [0.2, 0.25) is 0 Å². The molecule has 1 fully saturated rings. The molecule has 2 aliphatic heterocycles. The summed E-state index contributed by atoms with van der Waals surface area (Å²) in [6.07, 6.45) is 3.86. The van der Waals surface area contributed by atoms with Gasteiger partial charge in [0.15, 0.2) is 11.4 Å². The average Bonchev–Trinajstić information content (AvgIpc) is 2.52. The molecule has 0 bridgehead atoms. The van der Waals surface area contributed by atoms with Gasteiger partial charge in [0.05, 0.1) is 12.6 Å². The summed E-state index contributed by atoms with van der Waals surface area (Å²) in [6.45, 7) is 5.54. The number of amides is 1. The molecule has 0 radical (unpaired) electrons. The second kappa shape index (κ2) is 6.30. The summed E-state index contributed by atoms with van der Waals surface area (Å²) < 4.78 is 7.15. The molecule has 3 heterocycles. The van der Waals surface area contributed by atoms with E-state index in [0.717, 1.165) is 19.3 Å². The molecular weight excluding hydrogens is 312 g/mol. The Bertz CT molecular complexity index is 739. The zero-order valence-electron chi connectivity index (χ0n) is 13.9. The zero-order valence-corrected chi connectivity index (χ0v) is 13.9. The molecule has 130 valence electrons. The van der Waals surface area contributed by atoms with Crippen LogP contribution in [0.15, 0.2) is 11.0 Å². The number of unbranched alkanes of at least 4 members (excludes halogenated alkanes) is 1. The highest BCUT2D eigenvalue weighted by atomic mass is 16.5. The number of ether oxygens (including phenoxy) is 1. The van der Waals surface area contributed by atoms with Gasteiger partial charge in [-0.3, -0.25) is 9.59 Å². The normalized spacial score (nSPS) is 21.8. The summed E-state index contributed by atoms with van der Waals surface area (Å²) in [5.74, 6) is -1.24. The van der Waals surface area contributed by atoms with E-state index in [1.165, 1.54) is 6.20 Å². The summed E-state index contributed by atoms with van der Waals surface area (Å²) in [6, 6.07) is 0.0719. The van der Waals surface area contributed by atoms with Gasteiger partial charge in [0.1, 0.15) is 5.56 Å². The molecule has 7 nitrogen and oxygen atoms in total.